The van der Waals surface area contributed by atoms with E-state index in [1.807, 2.05) is 0 Å². The lowest BCUT2D eigenvalue weighted by Gasteiger charge is -2.30. The van der Waals surface area contributed by atoms with E-state index in [1.54, 1.807) is 13.8 Å². The minimum atomic E-state index is -4.13. The SMILES string of the molecule is COC(=O)c1c(C)[nH]c(C(=O)COC(=O)C2CCN(S(=O)(=O)c3cc([N+](=O)[O-])ccc3Cl)CC2)c1C. The number of methoxy groups -OCH3 is 1. The summed E-state index contributed by atoms with van der Waals surface area (Å²) < 4.78 is 37.0. The second kappa shape index (κ2) is 10.8. The van der Waals surface area contributed by atoms with E-state index >= 15 is 0 Å². The maximum atomic E-state index is 13.0. The number of sulfonamides is 1. The molecule has 0 spiro atoms. The number of nitro benzene ring substituents is 1. The highest BCUT2D eigenvalue weighted by Crippen LogP contribution is 2.31. The summed E-state index contributed by atoms with van der Waals surface area (Å²) >= 11 is 5.99. The number of hydrogen-bond acceptors (Lipinski definition) is 9. The molecule has 0 aliphatic carbocycles. The van der Waals surface area contributed by atoms with Crippen LogP contribution in [0.15, 0.2) is 23.1 Å². The first-order chi connectivity index (χ1) is 16.9. The number of benzene rings is 1. The van der Waals surface area contributed by atoms with Crippen LogP contribution in [0.3, 0.4) is 0 Å². The Bertz CT molecular complexity index is 1330. The van der Waals surface area contributed by atoms with Gasteiger partial charge in [-0.25, -0.2) is 13.2 Å². The lowest BCUT2D eigenvalue weighted by Crippen LogP contribution is -2.40. The first-order valence-corrected chi connectivity index (χ1v) is 12.6. The Morgan fingerprint density at radius 2 is 1.86 bits per heavy atom. The van der Waals surface area contributed by atoms with Crippen molar-refractivity contribution in [2.45, 2.75) is 31.6 Å². The molecule has 1 fully saturated rings. The number of hydrogen-bond donors (Lipinski definition) is 1. The van der Waals surface area contributed by atoms with Crippen LogP contribution in [-0.4, -0.2) is 67.2 Å². The van der Waals surface area contributed by atoms with Crippen molar-refractivity contribution < 1.29 is 37.2 Å². The number of carbonyl (C=O) groups is 3. The first-order valence-electron chi connectivity index (χ1n) is 10.8. The summed E-state index contributed by atoms with van der Waals surface area (Å²) in [6.45, 7) is 2.57. The van der Waals surface area contributed by atoms with E-state index in [0.29, 0.717) is 11.3 Å². The lowest BCUT2D eigenvalue weighted by atomic mass is 9.98. The number of aryl methyl sites for hydroxylation is 1. The zero-order chi connectivity index (χ0) is 26.8. The largest absolute Gasteiger partial charge is 0.465 e. The van der Waals surface area contributed by atoms with Gasteiger partial charge in [-0.2, -0.15) is 4.31 Å². The molecule has 194 valence electrons. The summed E-state index contributed by atoms with van der Waals surface area (Å²) in [5.41, 5.74) is 0.803. The minimum Gasteiger partial charge on any atom is -0.465 e. The number of aromatic amines is 1. The van der Waals surface area contributed by atoms with Crippen molar-refractivity contribution in [3.63, 3.8) is 0 Å². The van der Waals surface area contributed by atoms with Gasteiger partial charge in [0.2, 0.25) is 15.8 Å². The fourth-order valence-electron chi connectivity index (χ4n) is 4.04. The van der Waals surface area contributed by atoms with E-state index in [-0.39, 0.29) is 47.1 Å². The van der Waals surface area contributed by atoms with Crippen LogP contribution in [0.5, 0.6) is 0 Å². The molecule has 1 saturated heterocycles. The molecule has 0 atom stereocenters. The maximum absolute atomic E-state index is 13.0. The highest BCUT2D eigenvalue weighted by Gasteiger charge is 2.35. The fourth-order valence-corrected chi connectivity index (χ4v) is 6.00. The van der Waals surface area contributed by atoms with Gasteiger partial charge in [-0.1, -0.05) is 11.6 Å². The molecule has 0 radical (unpaired) electrons. The van der Waals surface area contributed by atoms with Crippen LogP contribution >= 0.6 is 11.6 Å². The molecule has 1 aliphatic heterocycles. The number of halogens is 1. The fraction of sp³-hybridized carbons (Fsp3) is 0.409. The molecule has 0 amide bonds. The standard InChI is InChI=1S/C22H24ClN3O9S/c1-12-19(22(29)34-3)13(2)24-20(12)17(27)11-35-21(28)14-6-8-25(9-7-14)36(32,33)18-10-15(26(30)31)4-5-16(18)23/h4-5,10,14,24H,6-9,11H2,1-3H3. The number of ketones is 1. The number of aromatic nitrogens is 1. The third-order valence-corrected chi connectivity index (χ3v) is 8.36. The van der Waals surface area contributed by atoms with E-state index in [1.165, 1.54) is 7.11 Å². The van der Waals surface area contributed by atoms with Crippen LogP contribution in [-0.2, 0) is 24.3 Å². The number of Topliss-reactive ketones (excluding diaryl/α,β-unsaturated/α-hetero) is 1. The number of nitro groups is 1. The molecule has 0 unspecified atom stereocenters. The molecular weight excluding hydrogens is 518 g/mol. The lowest BCUT2D eigenvalue weighted by molar-refractivity contribution is -0.385. The van der Waals surface area contributed by atoms with Crippen LogP contribution in [0.4, 0.5) is 5.69 Å². The van der Waals surface area contributed by atoms with Crippen molar-refractivity contribution in [3.05, 3.63) is 55.9 Å². The highest BCUT2D eigenvalue weighted by atomic mass is 35.5. The van der Waals surface area contributed by atoms with Crippen molar-refractivity contribution >= 4 is 45.0 Å². The third kappa shape index (κ3) is 5.42. The van der Waals surface area contributed by atoms with E-state index in [2.05, 4.69) is 4.98 Å². The van der Waals surface area contributed by atoms with Crippen LogP contribution in [0, 0.1) is 29.9 Å². The summed E-state index contributed by atoms with van der Waals surface area (Å²) in [5, 5.41) is 10.9. The quantitative estimate of drug-likeness (QED) is 0.229. The third-order valence-electron chi connectivity index (χ3n) is 5.98. The van der Waals surface area contributed by atoms with E-state index in [9.17, 15) is 32.9 Å². The van der Waals surface area contributed by atoms with Gasteiger partial charge in [0.1, 0.15) is 4.90 Å². The van der Waals surface area contributed by atoms with Gasteiger partial charge < -0.3 is 14.5 Å². The number of rotatable bonds is 8. The Balaban J connectivity index is 1.61. The zero-order valence-electron chi connectivity index (χ0n) is 19.7. The van der Waals surface area contributed by atoms with E-state index in [4.69, 9.17) is 21.1 Å². The smallest absolute Gasteiger partial charge is 0.339 e. The first kappa shape index (κ1) is 27.3. The summed E-state index contributed by atoms with van der Waals surface area (Å²) in [6, 6.07) is 3.16. The number of ether oxygens (including phenoxy) is 2. The van der Waals surface area contributed by atoms with Gasteiger partial charge >= 0.3 is 11.9 Å². The van der Waals surface area contributed by atoms with Crippen LogP contribution in [0.2, 0.25) is 5.02 Å². The summed E-state index contributed by atoms with van der Waals surface area (Å²) in [6.07, 6.45) is 0.262. The average Bonchev–Trinajstić information content (AvgIpc) is 3.15. The molecule has 0 saturated carbocycles. The summed E-state index contributed by atoms with van der Waals surface area (Å²) in [5.74, 6) is -2.41. The average molecular weight is 542 g/mol. The number of H-pyrrole nitrogens is 1. The Morgan fingerprint density at radius 3 is 2.44 bits per heavy atom. The number of non-ortho nitro benzene ring substituents is 1. The van der Waals surface area contributed by atoms with Crippen molar-refractivity contribution in [1.29, 1.82) is 0 Å². The summed E-state index contributed by atoms with van der Waals surface area (Å²) in [4.78, 5) is 49.7. The highest BCUT2D eigenvalue weighted by molar-refractivity contribution is 7.89. The van der Waals surface area contributed by atoms with Gasteiger partial charge in [0.05, 0.1) is 34.2 Å². The van der Waals surface area contributed by atoms with Gasteiger partial charge in [-0.15, -0.1) is 0 Å². The molecule has 1 aromatic carbocycles. The van der Waals surface area contributed by atoms with Crippen molar-refractivity contribution in [1.82, 2.24) is 9.29 Å². The second-order valence-electron chi connectivity index (χ2n) is 8.20. The number of nitrogens with zero attached hydrogens (tertiary/aromatic N) is 2. The van der Waals surface area contributed by atoms with Gasteiger partial charge in [-0.3, -0.25) is 19.7 Å². The Hall–Kier alpha value is -3.29. The zero-order valence-corrected chi connectivity index (χ0v) is 21.3. The predicted octanol–water partition coefficient (Wildman–Crippen LogP) is 2.81. The van der Waals surface area contributed by atoms with E-state index < -0.39 is 50.9 Å². The molecule has 36 heavy (non-hydrogen) atoms. The Morgan fingerprint density at radius 1 is 1.22 bits per heavy atom. The Labute approximate surface area is 211 Å². The molecule has 14 heteroatoms. The minimum absolute atomic E-state index is 0.0352. The van der Waals surface area contributed by atoms with Crippen LogP contribution in [0.1, 0.15) is 44.9 Å². The normalized spacial score (nSPS) is 14.9. The number of carbonyl (C=O) groups excluding carboxylic acids is 3. The maximum Gasteiger partial charge on any atom is 0.339 e. The number of esters is 2. The van der Waals surface area contributed by atoms with Crippen LogP contribution in [0.25, 0.3) is 0 Å². The van der Waals surface area contributed by atoms with Crippen molar-refractivity contribution in [3.8, 4) is 0 Å². The Kier molecular flexibility index (Phi) is 8.16. The van der Waals surface area contributed by atoms with Gasteiger partial charge in [-0.05, 0) is 38.3 Å². The number of nitrogens with one attached hydrogen (secondary N) is 1. The molecule has 0 bridgehead atoms. The monoisotopic (exact) mass is 541 g/mol. The molecule has 2 heterocycles. The van der Waals surface area contributed by atoms with Gasteiger partial charge in [0, 0.05) is 30.9 Å². The molecular formula is C22H24ClN3O9S. The molecule has 2 aromatic rings. The van der Waals surface area contributed by atoms with Crippen LogP contribution < -0.4 is 0 Å². The molecule has 12 nitrogen and oxygen atoms in total. The van der Waals surface area contributed by atoms with Gasteiger partial charge in [0.15, 0.2) is 6.61 Å². The molecule has 1 N–H and O–H groups in total. The predicted molar refractivity (Wildman–Crippen MR) is 126 cm³/mol. The van der Waals surface area contributed by atoms with Crippen molar-refractivity contribution in [2.75, 3.05) is 26.8 Å². The van der Waals surface area contributed by atoms with Crippen molar-refractivity contribution in [2.24, 2.45) is 5.92 Å². The molecule has 1 aromatic heterocycles. The second-order valence-corrected chi connectivity index (χ2v) is 10.5. The van der Waals surface area contributed by atoms with E-state index in [0.717, 1.165) is 22.5 Å². The molecule has 1 aliphatic rings. The summed E-state index contributed by atoms with van der Waals surface area (Å²) in [7, 11) is -2.90. The van der Waals surface area contributed by atoms with Gasteiger partial charge in [0.25, 0.3) is 5.69 Å². The molecule has 3 rings (SSSR count). The number of piperidine rings is 1. The topological polar surface area (TPSA) is 166 Å².